The topological polar surface area (TPSA) is 0 Å². The van der Waals surface area contributed by atoms with Gasteiger partial charge in [-0.3, -0.25) is 0 Å². The maximum atomic E-state index is 4.72. The Morgan fingerprint density at radius 1 is 0.720 bits per heavy atom. The molecule has 10 atom stereocenters. The van der Waals surface area contributed by atoms with Gasteiger partial charge in [0.1, 0.15) is 0 Å². The molecule has 1 aliphatic heterocycles. The van der Waals surface area contributed by atoms with E-state index in [0.29, 0.717) is 5.92 Å². The maximum Gasteiger partial charge on any atom is 0.0599 e. The molecular formula is C21H28S4. The standard InChI is InChI=1S/C21H28S4/c22-6-13-14(7-23)18-12-5-11(17(13)18)19-15-8-24-21(10-3-1-2-4-10)25-9-16(15)20(12)19/h1-4,10-23H,5-9H2. The fourth-order valence-electron chi connectivity index (χ4n) is 8.16. The summed E-state index contributed by atoms with van der Waals surface area (Å²) < 4.78 is 0.770. The normalized spacial score (nSPS) is 58.2. The van der Waals surface area contributed by atoms with Gasteiger partial charge in [0.2, 0.25) is 0 Å². The average molecular weight is 409 g/mol. The van der Waals surface area contributed by atoms with Crippen LogP contribution in [-0.2, 0) is 0 Å². The van der Waals surface area contributed by atoms with Crippen molar-refractivity contribution < 1.29 is 0 Å². The molecule has 136 valence electrons. The van der Waals surface area contributed by atoms with Gasteiger partial charge in [0.25, 0.3) is 0 Å². The number of fused-ring (bicyclic) bond motifs is 11. The molecule has 0 aromatic carbocycles. The summed E-state index contributed by atoms with van der Waals surface area (Å²) in [7, 11) is 0. The third kappa shape index (κ3) is 2.15. The van der Waals surface area contributed by atoms with Gasteiger partial charge in [-0.1, -0.05) is 24.3 Å². The molecule has 6 rings (SSSR count). The van der Waals surface area contributed by atoms with Crippen LogP contribution in [-0.4, -0.2) is 27.6 Å². The van der Waals surface area contributed by atoms with Crippen LogP contribution in [0.25, 0.3) is 0 Å². The third-order valence-corrected chi connectivity index (χ3v) is 13.0. The van der Waals surface area contributed by atoms with E-state index < -0.39 is 0 Å². The van der Waals surface area contributed by atoms with Crippen molar-refractivity contribution >= 4 is 48.8 Å². The number of hydrogen-bond acceptors (Lipinski definition) is 4. The largest absolute Gasteiger partial charge is 0.179 e. The van der Waals surface area contributed by atoms with Crippen LogP contribution in [0.15, 0.2) is 24.3 Å². The molecule has 25 heavy (non-hydrogen) atoms. The summed E-state index contributed by atoms with van der Waals surface area (Å²) in [6.45, 7) is 0. The highest BCUT2D eigenvalue weighted by Gasteiger charge is 2.73. The van der Waals surface area contributed by atoms with E-state index in [1.807, 2.05) is 0 Å². The second-order valence-electron chi connectivity index (χ2n) is 9.28. The minimum Gasteiger partial charge on any atom is -0.179 e. The Labute approximate surface area is 171 Å². The fourth-order valence-corrected chi connectivity index (χ4v) is 12.6. The third-order valence-electron chi connectivity index (χ3n) is 8.91. The molecule has 4 heteroatoms. The van der Waals surface area contributed by atoms with Gasteiger partial charge in [-0.05, 0) is 88.6 Å². The molecule has 0 N–H and O–H groups in total. The Balaban J connectivity index is 1.21. The van der Waals surface area contributed by atoms with Crippen LogP contribution in [0.1, 0.15) is 6.42 Å². The Hall–Kier alpha value is 0.880. The van der Waals surface area contributed by atoms with Crippen molar-refractivity contribution in [3.63, 3.8) is 0 Å². The Bertz CT molecular complexity index is 565. The van der Waals surface area contributed by atoms with Gasteiger partial charge in [-0.2, -0.15) is 25.3 Å². The van der Waals surface area contributed by atoms with Crippen LogP contribution in [0.5, 0.6) is 0 Å². The first-order valence-electron chi connectivity index (χ1n) is 10.1. The van der Waals surface area contributed by atoms with Crippen molar-refractivity contribution in [1.29, 1.82) is 0 Å². The lowest BCUT2D eigenvalue weighted by Gasteiger charge is -2.65. The number of thiol groups is 2. The van der Waals surface area contributed by atoms with E-state index in [1.165, 1.54) is 11.5 Å². The summed E-state index contributed by atoms with van der Waals surface area (Å²) in [5.41, 5.74) is 0. The molecule has 5 aliphatic carbocycles. The van der Waals surface area contributed by atoms with Crippen LogP contribution >= 0.6 is 48.8 Å². The Morgan fingerprint density at radius 2 is 1.24 bits per heavy atom. The lowest BCUT2D eigenvalue weighted by molar-refractivity contribution is -0.153. The molecule has 0 aromatic heterocycles. The molecule has 1 heterocycles. The van der Waals surface area contributed by atoms with E-state index in [1.54, 1.807) is 6.42 Å². The predicted molar refractivity (Wildman–Crippen MR) is 118 cm³/mol. The van der Waals surface area contributed by atoms with Gasteiger partial charge in [0.05, 0.1) is 4.58 Å². The van der Waals surface area contributed by atoms with Crippen LogP contribution in [0, 0.1) is 65.1 Å². The van der Waals surface area contributed by atoms with Gasteiger partial charge in [0.15, 0.2) is 0 Å². The highest BCUT2D eigenvalue weighted by atomic mass is 32.2. The van der Waals surface area contributed by atoms with E-state index in [4.69, 9.17) is 25.3 Å². The number of allylic oxidation sites excluding steroid dienone is 4. The Morgan fingerprint density at radius 3 is 1.72 bits per heavy atom. The Kier molecular flexibility index (Phi) is 4.16. The summed E-state index contributed by atoms with van der Waals surface area (Å²) in [6.07, 6.45) is 10.9. The smallest absolute Gasteiger partial charge is 0.0599 e. The maximum absolute atomic E-state index is 4.72. The zero-order valence-electron chi connectivity index (χ0n) is 14.5. The van der Waals surface area contributed by atoms with E-state index in [2.05, 4.69) is 47.8 Å². The summed E-state index contributed by atoms with van der Waals surface area (Å²) in [4.78, 5) is 0. The second-order valence-corrected chi connectivity index (χ2v) is 12.7. The van der Waals surface area contributed by atoms with Gasteiger partial charge in [-0.25, -0.2) is 0 Å². The molecule has 0 spiro atoms. The summed E-state index contributed by atoms with van der Waals surface area (Å²) in [5, 5.41) is 0. The van der Waals surface area contributed by atoms with E-state index in [-0.39, 0.29) is 0 Å². The number of thioether (sulfide) groups is 2. The van der Waals surface area contributed by atoms with Crippen LogP contribution in [0.3, 0.4) is 0 Å². The molecular weight excluding hydrogens is 380 g/mol. The molecule has 0 amide bonds. The first-order valence-corrected chi connectivity index (χ1v) is 13.5. The summed E-state index contributed by atoms with van der Waals surface area (Å²) >= 11 is 14.0. The van der Waals surface area contributed by atoms with Crippen molar-refractivity contribution in [1.82, 2.24) is 0 Å². The van der Waals surface area contributed by atoms with Crippen LogP contribution in [0.2, 0.25) is 0 Å². The van der Waals surface area contributed by atoms with Crippen molar-refractivity contribution in [2.45, 2.75) is 11.0 Å². The highest BCUT2D eigenvalue weighted by molar-refractivity contribution is 8.17. The van der Waals surface area contributed by atoms with E-state index in [9.17, 15) is 0 Å². The van der Waals surface area contributed by atoms with Crippen LogP contribution < -0.4 is 0 Å². The van der Waals surface area contributed by atoms with Gasteiger partial charge in [0, 0.05) is 5.92 Å². The molecule has 0 radical (unpaired) electrons. The van der Waals surface area contributed by atoms with Crippen LogP contribution in [0.4, 0.5) is 0 Å². The van der Waals surface area contributed by atoms with Crippen molar-refractivity contribution in [3.8, 4) is 0 Å². The minimum atomic E-state index is 0.683. The SMILES string of the molecule is SCC1C(CS)C2C3CC(C12)C1C2CSC(C4C=CC=C4)SCC2C31. The zero-order chi connectivity index (χ0) is 16.7. The quantitative estimate of drug-likeness (QED) is 0.498. The molecule has 0 nitrogen and oxygen atoms in total. The van der Waals surface area contributed by atoms with Crippen molar-refractivity contribution in [2.24, 2.45) is 65.1 Å². The summed E-state index contributed by atoms with van der Waals surface area (Å²) in [6, 6.07) is 0. The minimum absolute atomic E-state index is 0.683. The molecule has 5 fully saturated rings. The monoisotopic (exact) mass is 408 g/mol. The van der Waals surface area contributed by atoms with Gasteiger partial charge < -0.3 is 0 Å². The molecule has 0 aromatic rings. The van der Waals surface area contributed by atoms with E-state index >= 15 is 0 Å². The summed E-state index contributed by atoms with van der Waals surface area (Å²) in [5.74, 6) is 15.9. The first-order chi connectivity index (χ1) is 12.3. The molecule has 6 aliphatic rings. The zero-order valence-corrected chi connectivity index (χ0v) is 17.9. The van der Waals surface area contributed by atoms with E-state index in [0.717, 1.165) is 75.3 Å². The number of rotatable bonds is 3. The van der Waals surface area contributed by atoms with Gasteiger partial charge >= 0.3 is 0 Å². The highest BCUT2D eigenvalue weighted by Crippen LogP contribution is 2.77. The molecule has 2 bridgehead atoms. The molecule has 4 saturated carbocycles. The molecule has 1 saturated heterocycles. The fraction of sp³-hybridized carbons (Fsp3) is 0.810. The lowest BCUT2D eigenvalue weighted by Crippen LogP contribution is -2.63. The number of hydrogen-bond donors (Lipinski definition) is 2. The first kappa shape index (κ1) is 16.8. The van der Waals surface area contributed by atoms with Gasteiger partial charge in [-0.15, -0.1) is 23.5 Å². The second kappa shape index (κ2) is 6.19. The molecule has 10 unspecified atom stereocenters. The lowest BCUT2D eigenvalue weighted by atomic mass is 9.41. The average Bonchev–Trinajstić information content (AvgIpc) is 3.24. The van der Waals surface area contributed by atoms with Crippen molar-refractivity contribution in [3.05, 3.63) is 24.3 Å². The van der Waals surface area contributed by atoms with Crippen molar-refractivity contribution in [2.75, 3.05) is 23.0 Å². The predicted octanol–water partition coefficient (Wildman–Crippen LogP) is 5.00.